The van der Waals surface area contributed by atoms with Crippen molar-refractivity contribution >= 4 is 38.1 Å². The number of carbonyl (C=O) groups is 1. The van der Waals surface area contributed by atoms with Crippen molar-refractivity contribution in [2.75, 3.05) is 17.1 Å². The average Bonchev–Trinajstić information content (AvgIpc) is 3.28. The van der Waals surface area contributed by atoms with E-state index in [2.05, 4.69) is 15.0 Å². The van der Waals surface area contributed by atoms with Crippen molar-refractivity contribution in [3.8, 4) is 17.0 Å². The maximum atomic E-state index is 12.7. The number of ether oxygens (including phenoxy) is 1. The van der Waals surface area contributed by atoms with Crippen molar-refractivity contribution in [3.63, 3.8) is 0 Å². The number of anilines is 2. The van der Waals surface area contributed by atoms with E-state index < -0.39 is 10.0 Å². The highest BCUT2D eigenvalue weighted by Gasteiger charge is 2.16. The van der Waals surface area contributed by atoms with Crippen LogP contribution in [0.1, 0.15) is 15.9 Å². The van der Waals surface area contributed by atoms with Gasteiger partial charge >= 0.3 is 0 Å². The third kappa shape index (κ3) is 5.39. The number of hydrogen-bond donors (Lipinski definition) is 2. The standard InChI is InChI=1S/C24H21N3O4S2/c1-16-6-12-21(13-7-16)33(29,30)27-19-5-3-4-18(14-19)23(28)26-24-25-22(15-32-24)17-8-10-20(31-2)11-9-17/h3-15,27H,1-2H3,(H,25,26,28). The molecule has 1 aromatic heterocycles. The highest BCUT2D eigenvalue weighted by molar-refractivity contribution is 7.92. The first kappa shape index (κ1) is 22.5. The topological polar surface area (TPSA) is 97.4 Å². The zero-order valence-corrected chi connectivity index (χ0v) is 19.5. The summed E-state index contributed by atoms with van der Waals surface area (Å²) >= 11 is 1.30. The summed E-state index contributed by atoms with van der Waals surface area (Å²) in [6.07, 6.45) is 0. The average molecular weight is 480 g/mol. The lowest BCUT2D eigenvalue weighted by atomic mass is 10.2. The van der Waals surface area contributed by atoms with Crippen LogP contribution in [0.3, 0.4) is 0 Å². The second-order valence-electron chi connectivity index (χ2n) is 7.22. The number of hydrogen-bond acceptors (Lipinski definition) is 6. The van der Waals surface area contributed by atoms with Crippen LogP contribution in [0, 0.1) is 6.92 Å². The van der Waals surface area contributed by atoms with E-state index in [1.54, 1.807) is 37.4 Å². The zero-order chi connectivity index (χ0) is 23.4. The molecule has 4 rings (SSSR count). The predicted molar refractivity (Wildman–Crippen MR) is 130 cm³/mol. The number of carbonyl (C=O) groups excluding carboxylic acids is 1. The maximum absolute atomic E-state index is 12.7. The van der Waals surface area contributed by atoms with Crippen molar-refractivity contribution in [2.45, 2.75) is 11.8 Å². The Balaban J connectivity index is 1.47. The third-order valence-electron chi connectivity index (χ3n) is 4.82. The van der Waals surface area contributed by atoms with Gasteiger partial charge in [0.15, 0.2) is 5.13 Å². The second-order valence-corrected chi connectivity index (χ2v) is 9.76. The Morgan fingerprint density at radius 2 is 1.73 bits per heavy atom. The number of thiazole rings is 1. The molecular formula is C24H21N3O4S2. The largest absolute Gasteiger partial charge is 0.497 e. The molecule has 0 aliphatic heterocycles. The predicted octanol–water partition coefficient (Wildman–Crippen LogP) is 5.18. The van der Waals surface area contributed by atoms with Crippen LogP contribution in [-0.4, -0.2) is 26.4 Å². The lowest BCUT2D eigenvalue weighted by Crippen LogP contribution is -2.15. The van der Waals surface area contributed by atoms with E-state index in [4.69, 9.17) is 4.74 Å². The molecule has 0 atom stereocenters. The molecule has 0 saturated heterocycles. The van der Waals surface area contributed by atoms with Gasteiger partial charge in [0.2, 0.25) is 0 Å². The molecule has 0 unspecified atom stereocenters. The van der Waals surface area contributed by atoms with Crippen molar-refractivity contribution in [1.82, 2.24) is 4.98 Å². The summed E-state index contributed by atoms with van der Waals surface area (Å²) in [5.41, 5.74) is 3.20. The van der Waals surface area contributed by atoms with Crippen molar-refractivity contribution in [1.29, 1.82) is 0 Å². The number of nitrogens with zero attached hydrogens (tertiary/aromatic N) is 1. The number of aromatic nitrogens is 1. The van der Waals surface area contributed by atoms with Gasteiger partial charge in [-0.2, -0.15) is 0 Å². The molecular weight excluding hydrogens is 458 g/mol. The first-order valence-corrected chi connectivity index (χ1v) is 12.3. The van der Waals surface area contributed by atoms with Crippen LogP contribution in [-0.2, 0) is 10.0 Å². The first-order valence-electron chi connectivity index (χ1n) is 9.95. The molecule has 2 N–H and O–H groups in total. The SMILES string of the molecule is COc1ccc(-c2csc(NC(=O)c3cccc(NS(=O)(=O)c4ccc(C)cc4)c3)n2)cc1. The fourth-order valence-corrected chi connectivity index (χ4v) is 4.81. The van der Waals surface area contributed by atoms with Crippen LogP contribution in [0.15, 0.2) is 83.1 Å². The van der Waals surface area contributed by atoms with Crippen LogP contribution < -0.4 is 14.8 Å². The molecule has 3 aromatic carbocycles. The van der Waals surface area contributed by atoms with Gasteiger partial charge < -0.3 is 4.74 Å². The maximum Gasteiger partial charge on any atom is 0.261 e. The molecule has 0 radical (unpaired) electrons. The molecule has 0 aliphatic carbocycles. The molecule has 9 heteroatoms. The Bertz CT molecular complexity index is 1380. The van der Waals surface area contributed by atoms with E-state index in [9.17, 15) is 13.2 Å². The van der Waals surface area contributed by atoms with Gasteiger partial charge in [0.25, 0.3) is 15.9 Å². The number of nitrogens with one attached hydrogen (secondary N) is 2. The van der Waals surface area contributed by atoms with Crippen molar-refractivity contribution < 1.29 is 17.9 Å². The van der Waals surface area contributed by atoms with Crippen LogP contribution in [0.4, 0.5) is 10.8 Å². The summed E-state index contributed by atoms with van der Waals surface area (Å²) in [4.78, 5) is 17.3. The van der Waals surface area contributed by atoms with Gasteiger partial charge in [-0.1, -0.05) is 23.8 Å². The number of aryl methyl sites for hydroxylation is 1. The van der Waals surface area contributed by atoms with Gasteiger partial charge in [-0.05, 0) is 61.5 Å². The summed E-state index contributed by atoms with van der Waals surface area (Å²) in [6.45, 7) is 1.88. The van der Waals surface area contributed by atoms with E-state index >= 15 is 0 Å². The van der Waals surface area contributed by atoms with Gasteiger partial charge in [0, 0.05) is 22.2 Å². The van der Waals surface area contributed by atoms with Gasteiger partial charge in [-0.15, -0.1) is 11.3 Å². The molecule has 4 aromatic rings. The Morgan fingerprint density at radius 3 is 2.42 bits per heavy atom. The minimum absolute atomic E-state index is 0.150. The Morgan fingerprint density at radius 1 is 1.00 bits per heavy atom. The Kier molecular flexibility index (Phi) is 6.43. The van der Waals surface area contributed by atoms with E-state index in [1.807, 2.05) is 36.6 Å². The normalized spacial score (nSPS) is 11.1. The van der Waals surface area contributed by atoms with E-state index in [0.717, 1.165) is 22.6 Å². The fraction of sp³-hybridized carbons (Fsp3) is 0.0833. The van der Waals surface area contributed by atoms with Crippen molar-refractivity contribution in [3.05, 3.63) is 89.3 Å². The van der Waals surface area contributed by atoms with Gasteiger partial charge in [-0.25, -0.2) is 13.4 Å². The van der Waals surface area contributed by atoms with E-state index in [1.165, 1.54) is 29.5 Å². The van der Waals surface area contributed by atoms with E-state index in [-0.39, 0.29) is 10.8 Å². The molecule has 0 spiro atoms. The summed E-state index contributed by atoms with van der Waals surface area (Å²) in [5, 5.41) is 5.06. The lowest BCUT2D eigenvalue weighted by Gasteiger charge is -2.10. The molecule has 7 nitrogen and oxygen atoms in total. The monoisotopic (exact) mass is 479 g/mol. The van der Waals surface area contributed by atoms with Crippen LogP contribution in [0.5, 0.6) is 5.75 Å². The Labute approximate surface area is 196 Å². The Hall–Kier alpha value is -3.69. The molecule has 1 amide bonds. The molecule has 33 heavy (non-hydrogen) atoms. The smallest absolute Gasteiger partial charge is 0.261 e. The first-order chi connectivity index (χ1) is 15.8. The number of benzene rings is 3. The third-order valence-corrected chi connectivity index (χ3v) is 6.97. The summed E-state index contributed by atoms with van der Waals surface area (Å²) in [6, 6.07) is 20.3. The molecule has 0 bridgehead atoms. The van der Waals surface area contributed by atoms with Crippen LogP contribution in [0.2, 0.25) is 0 Å². The minimum atomic E-state index is -3.76. The minimum Gasteiger partial charge on any atom is -0.497 e. The lowest BCUT2D eigenvalue weighted by molar-refractivity contribution is 0.102. The summed E-state index contributed by atoms with van der Waals surface area (Å²) < 4.78 is 33.0. The van der Waals surface area contributed by atoms with Gasteiger partial charge in [-0.3, -0.25) is 14.8 Å². The molecule has 0 saturated carbocycles. The van der Waals surface area contributed by atoms with E-state index in [0.29, 0.717) is 16.4 Å². The van der Waals surface area contributed by atoms with Gasteiger partial charge in [0.05, 0.1) is 17.7 Å². The fourth-order valence-electron chi connectivity index (χ4n) is 3.05. The highest BCUT2D eigenvalue weighted by Crippen LogP contribution is 2.27. The van der Waals surface area contributed by atoms with Crippen molar-refractivity contribution in [2.24, 2.45) is 0 Å². The highest BCUT2D eigenvalue weighted by atomic mass is 32.2. The molecule has 1 heterocycles. The molecule has 168 valence electrons. The van der Waals surface area contributed by atoms with Gasteiger partial charge in [0.1, 0.15) is 5.75 Å². The quantitative estimate of drug-likeness (QED) is 0.381. The summed E-state index contributed by atoms with van der Waals surface area (Å²) in [7, 11) is -2.16. The second kappa shape index (κ2) is 9.43. The molecule has 0 aliphatic rings. The number of amides is 1. The number of sulfonamides is 1. The number of rotatable bonds is 7. The molecule has 0 fully saturated rings. The number of methoxy groups -OCH3 is 1. The van der Waals surface area contributed by atoms with Crippen LogP contribution >= 0.6 is 11.3 Å². The zero-order valence-electron chi connectivity index (χ0n) is 17.9. The summed E-state index contributed by atoms with van der Waals surface area (Å²) in [5.74, 6) is 0.363. The van der Waals surface area contributed by atoms with Crippen LogP contribution in [0.25, 0.3) is 11.3 Å².